The number of halogens is 1. The van der Waals surface area contributed by atoms with Crippen molar-refractivity contribution in [2.75, 3.05) is 0 Å². The molecule has 0 fully saturated rings. The Morgan fingerprint density at radius 2 is 1.12 bits per heavy atom. The summed E-state index contributed by atoms with van der Waals surface area (Å²) >= 11 is 2.07. The average molecular weight is 444 g/mol. The van der Waals surface area contributed by atoms with E-state index in [1.807, 2.05) is 12.1 Å². The molecule has 0 aliphatic carbocycles. The van der Waals surface area contributed by atoms with Gasteiger partial charge in [-0.05, 0) is 65.1 Å². The summed E-state index contributed by atoms with van der Waals surface area (Å²) in [4.78, 5) is 25.0. The number of carbonyl (C=O) groups excluding carboxylic acids is 2. The lowest BCUT2D eigenvalue weighted by molar-refractivity contribution is 0.0692. The highest BCUT2D eigenvalue weighted by molar-refractivity contribution is 14.1. The summed E-state index contributed by atoms with van der Waals surface area (Å²) in [5, 5.41) is 0. The third-order valence-electron chi connectivity index (χ3n) is 3.33. The van der Waals surface area contributed by atoms with Gasteiger partial charge in [-0.15, -0.1) is 0 Å². The fraction of sp³-hybridized carbons (Fsp3) is 0. The van der Waals surface area contributed by atoms with Crippen LogP contribution in [0.2, 0.25) is 0 Å². The van der Waals surface area contributed by atoms with Gasteiger partial charge < -0.3 is 9.47 Å². The second-order valence-corrected chi connectivity index (χ2v) is 6.34. The van der Waals surface area contributed by atoms with Gasteiger partial charge >= 0.3 is 11.9 Å². The van der Waals surface area contributed by atoms with Crippen LogP contribution in [-0.4, -0.2) is 11.9 Å². The van der Waals surface area contributed by atoms with Gasteiger partial charge in [-0.3, -0.25) is 0 Å². The molecule has 0 bridgehead atoms. The van der Waals surface area contributed by atoms with Gasteiger partial charge in [0.25, 0.3) is 0 Å². The maximum absolute atomic E-state index is 12.5. The van der Waals surface area contributed by atoms with Crippen molar-refractivity contribution in [3.63, 3.8) is 0 Å². The Hall–Kier alpha value is -2.67. The smallest absolute Gasteiger partial charge is 0.344 e. The predicted octanol–water partition coefficient (Wildman–Crippen LogP) is 4.73. The summed E-state index contributed by atoms with van der Waals surface area (Å²) in [6, 6.07) is 22.3. The standard InChI is InChI=1S/C20H13IO4/c21-14-11-12-17(19(22)24-15-7-3-1-4-8-15)18(13-14)20(23)25-16-9-5-2-6-10-16/h1-13H. The summed E-state index contributed by atoms with van der Waals surface area (Å²) in [5.74, 6) is -0.394. The van der Waals surface area contributed by atoms with Crippen LogP contribution >= 0.6 is 22.6 Å². The van der Waals surface area contributed by atoms with E-state index in [0.717, 1.165) is 3.57 Å². The molecule has 124 valence electrons. The van der Waals surface area contributed by atoms with Gasteiger partial charge in [0.15, 0.2) is 0 Å². The minimum atomic E-state index is -0.609. The minimum absolute atomic E-state index is 0.158. The molecule has 0 heterocycles. The van der Waals surface area contributed by atoms with Gasteiger partial charge in [0, 0.05) is 3.57 Å². The molecule has 0 aliphatic rings. The molecule has 0 spiro atoms. The molecule has 0 saturated heterocycles. The topological polar surface area (TPSA) is 52.6 Å². The Morgan fingerprint density at radius 3 is 1.64 bits per heavy atom. The van der Waals surface area contributed by atoms with Gasteiger partial charge in [0.1, 0.15) is 11.5 Å². The maximum atomic E-state index is 12.5. The second-order valence-electron chi connectivity index (χ2n) is 5.10. The maximum Gasteiger partial charge on any atom is 0.344 e. The molecule has 3 rings (SSSR count). The van der Waals surface area contributed by atoms with Crippen LogP contribution in [-0.2, 0) is 0 Å². The summed E-state index contributed by atoms with van der Waals surface area (Å²) in [6.07, 6.45) is 0. The first kappa shape index (κ1) is 17.2. The highest BCUT2D eigenvalue weighted by Gasteiger charge is 2.21. The molecule has 0 aliphatic heterocycles. The largest absolute Gasteiger partial charge is 0.423 e. The molecule has 0 atom stereocenters. The fourth-order valence-electron chi connectivity index (χ4n) is 2.16. The highest BCUT2D eigenvalue weighted by Crippen LogP contribution is 2.20. The van der Waals surface area contributed by atoms with Crippen LogP contribution in [0.4, 0.5) is 0 Å². The number of benzene rings is 3. The van der Waals surface area contributed by atoms with Gasteiger partial charge in [-0.2, -0.15) is 0 Å². The molecule has 0 unspecified atom stereocenters. The average Bonchev–Trinajstić information content (AvgIpc) is 2.63. The van der Waals surface area contributed by atoms with E-state index in [-0.39, 0.29) is 11.1 Å². The first-order valence-electron chi connectivity index (χ1n) is 7.47. The molecule has 0 radical (unpaired) electrons. The van der Waals surface area contributed by atoms with Crippen molar-refractivity contribution in [2.45, 2.75) is 0 Å². The van der Waals surface area contributed by atoms with Crippen LogP contribution in [0.25, 0.3) is 0 Å². The van der Waals surface area contributed by atoms with Gasteiger partial charge in [0.05, 0.1) is 11.1 Å². The van der Waals surface area contributed by atoms with Gasteiger partial charge in [0.2, 0.25) is 0 Å². The first-order valence-corrected chi connectivity index (χ1v) is 8.55. The number of esters is 2. The zero-order chi connectivity index (χ0) is 17.6. The minimum Gasteiger partial charge on any atom is -0.423 e. The van der Waals surface area contributed by atoms with E-state index in [1.54, 1.807) is 66.7 Å². The van der Waals surface area contributed by atoms with Crippen molar-refractivity contribution >= 4 is 34.5 Å². The fourth-order valence-corrected chi connectivity index (χ4v) is 2.66. The third kappa shape index (κ3) is 4.45. The number of ether oxygens (including phenoxy) is 2. The van der Waals surface area contributed by atoms with Gasteiger partial charge in [-0.25, -0.2) is 9.59 Å². The quantitative estimate of drug-likeness (QED) is 0.332. The number of hydrogen-bond acceptors (Lipinski definition) is 4. The Kier molecular flexibility index (Phi) is 5.45. The number of para-hydroxylation sites is 2. The molecule has 5 heteroatoms. The highest BCUT2D eigenvalue weighted by atomic mass is 127. The third-order valence-corrected chi connectivity index (χ3v) is 4.00. The van der Waals surface area contributed by atoms with Crippen LogP contribution in [0.3, 0.4) is 0 Å². The van der Waals surface area contributed by atoms with E-state index in [4.69, 9.17) is 9.47 Å². The van der Waals surface area contributed by atoms with Gasteiger partial charge in [-0.1, -0.05) is 36.4 Å². The number of rotatable bonds is 4. The Labute approximate surface area is 158 Å². The molecule has 25 heavy (non-hydrogen) atoms. The summed E-state index contributed by atoms with van der Waals surface area (Å²) < 4.78 is 11.5. The number of hydrogen-bond donors (Lipinski definition) is 0. The zero-order valence-corrected chi connectivity index (χ0v) is 15.2. The molecule has 0 aromatic heterocycles. The Balaban J connectivity index is 1.87. The summed E-state index contributed by atoms with van der Waals surface area (Å²) in [6.45, 7) is 0. The van der Waals surface area contributed by atoms with E-state index < -0.39 is 11.9 Å². The van der Waals surface area contributed by atoms with Crippen LogP contribution in [0.5, 0.6) is 11.5 Å². The zero-order valence-electron chi connectivity index (χ0n) is 13.0. The van der Waals surface area contributed by atoms with E-state index in [2.05, 4.69) is 22.6 Å². The SMILES string of the molecule is O=C(Oc1ccccc1)c1ccc(I)cc1C(=O)Oc1ccccc1. The summed E-state index contributed by atoms with van der Waals surface area (Å²) in [5.41, 5.74) is 0.321. The molecular weight excluding hydrogens is 431 g/mol. The van der Waals surface area contributed by atoms with Crippen molar-refractivity contribution in [3.8, 4) is 11.5 Å². The Morgan fingerprint density at radius 1 is 0.640 bits per heavy atom. The lowest BCUT2D eigenvalue weighted by Crippen LogP contribution is -2.17. The van der Waals surface area contributed by atoms with E-state index in [0.29, 0.717) is 11.5 Å². The summed E-state index contributed by atoms with van der Waals surface area (Å²) in [7, 11) is 0. The van der Waals surface area contributed by atoms with E-state index in [1.165, 1.54) is 0 Å². The lowest BCUT2D eigenvalue weighted by atomic mass is 10.1. The van der Waals surface area contributed by atoms with Crippen LogP contribution < -0.4 is 9.47 Å². The monoisotopic (exact) mass is 444 g/mol. The lowest BCUT2D eigenvalue weighted by Gasteiger charge is -2.10. The van der Waals surface area contributed by atoms with Crippen LogP contribution in [0, 0.1) is 3.57 Å². The predicted molar refractivity (Wildman–Crippen MR) is 102 cm³/mol. The molecule has 4 nitrogen and oxygen atoms in total. The van der Waals surface area contributed by atoms with Crippen molar-refractivity contribution in [3.05, 3.63) is 93.6 Å². The molecular formula is C20H13IO4. The van der Waals surface area contributed by atoms with E-state index >= 15 is 0 Å². The van der Waals surface area contributed by atoms with Crippen molar-refractivity contribution in [1.29, 1.82) is 0 Å². The molecule has 0 amide bonds. The van der Waals surface area contributed by atoms with Crippen molar-refractivity contribution < 1.29 is 19.1 Å². The van der Waals surface area contributed by atoms with Crippen LogP contribution in [0.1, 0.15) is 20.7 Å². The van der Waals surface area contributed by atoms with Crippen LogP contribution in [0.15, 0.2) is 78.9 Å². The van der Waals surface area contributed by atoms with E-state index in [9.17, 15) is 9.59 Å². The second kappa shape index (κ2) is 7.94. The number of carbonyl (C=O) groups is 2. The molecule has 0 saturated carbocycles. The molecule has 3 aromatic carbocycles. The molecule has 0 N–H and O–H groups in total. The van der Waals surface area contributed by atoms with Crippen molar-refractivity contribution in [2.24, 2.45) is 0 Å². The van der Waals surface area contributed by atoms with Crippen molar-refractivity contribution in [1.82, 2.24) is 0 Å². The molecule has 3 aromatic rings. The first-order chi connectivity index (χ1) is 12.1. The normalized spacial score (nSPS) is 10.1. The Bertz CT molecular complexity index is 892.